The Morgan fingerprint density at radius 3 is 2.14 bits per heavy atom. The third kappa shape index (κ3) is 8.08. The van der Waals surface area contributed by atoms with Crippen LogP contribution in [0.25, 0.3) is 44.8 Å². The van der Waals surface area contributed by atoms with Gasteiger partial charge in [-0.3, -0.25) is 4.79 Å². The lowest BCUT2D eigenvalue weighted by Crippen LogP contribution is -2.52. The molecular formula is C39H52N8O2. The Bertz CT molecular complexity index is 1950. The van der Waals surface area contributed by atoms with Crippen molar-refractivity contribution in [3.05, 3.63) is 60.7 Å². The van der Waals surface area contributed by atoms with E-state index in [2.05, 4.69) is 62.5 Å². The summed E-state index contributed by atoms with van der Waals surface area (Å²) in [7, 11) is 2.17. The zero-order valence-corrected chi connectivity index (χ0v) is 30.3. The van der Waals surface area contributed by atoms with Crippen molar-refractivity contribution in [2.24, 2.45) is 11.1 Å². The number of fused-ring (bicyclic) bond motifs is 2. The Kier molecular flexibility index (Phi) is 9.23. The Hall–Kier alpha value is -4.41. The fourth-order valence-corrected chi connectivity index (χ4v) is 7.23. The third-order valence-electron chi connectivity index (χ3n) is 9.36. The Labute approximate surface area is 289 Å². The van der Waals surface area contributed by atoms with E-state index in [4.69, 9.17) is 20.4 Å². The lowest BCUT2D eigenvalue weighted by molar-refractivity contribution is -0.133. The summed E-state index contributed by atoms with van der Waals surface area (Å²) in [4.78, 5) is 35.0. The van der Waals surface area contributed by atoms with Crippen molar-refractivity contribution in [1.82, 2.24) is 30.2 Å². The number of amides is 1. The molecular weight excluding hydrogens is 612 g/mol. The predicted octanol–water partition coefficient (Wildman–Crippen LogP) is 6.73. The first-order valence-corrected chi connectivity index (χ1v) is 17.4. The average Bonchev–Trinajstić information content (AvgIpc) is 3.63. The van der Waals surface area contributed by atoms with Gasteiger partial charge in [0.05, 0.1) is 22.1 Å². The fourth-order valence-electron chi connectivity index (χ4n) is 7.23. The summed E-state index contributed by atoms with van der Waals surface area (Å²) < 4.78 is 6.52. The lowest BCUT2D eigenvalue weighted by Gasteiger charge is -2.37. The van der Waals surface area contributed by atoms with Gasteiger partial charge in [0.25, 0.3) is 0 Å². The molecule has 6 rings (SSSR count). The van der Waals surface area contributed by atoms with E-state index < -0.39 is 16.6 Å². The SMILES string of the molecule is CC(N)CC(C)(C)NC(=O)C(C)(C)CC(C)(C)Oc1cccc(-c2nc3ccc(-c4nc5ccc(N6CCN(C)CC6)cc5[nH]4)cc3[nH]2)c1. The molecule has 5 N–H and O–H groups in total. The van der Waals surface area contributed by atoms with Crippen molar-refractivity contribution < 1.29 is 9.53 Å². The summed E-state index contributed by atoms with van der Waals surface area (Å²) in [6, 6.07) is 20.6. The van der Waals surface area contributed by atoms with Crippen molar-refractivity contribution in [2.75, 3.05) is 38.1 Å². The molecule has 1 amide bonds. The average molecular weight is 665 g/mol. The second-order valence-electron chi connectivity index (χ2n) is 15.9. The number of rotatable bonds is 11. The maximum Gasteiger partial charge on any atom is 0.226 e. The van der Waals surface area contributed by atoms with Gasteiger partial charge in [-0.15, -0.1) is 0 Å². The van der Waals surface area contributed by atoms with Gasteiger partial charge in [0.1, 0.15) is 23.0 Å². The lowest BCUT2D eigenvalue weighted by atomic mass is 9.80. The van der Waals surface area contributed by atoms with Crippen molar-refractivity contribution in [3.8, 4) is 28.5 Å². The molecule has 49 heavy (non-hydrogen) atoms. The Morgan fingerprint density at radius 2 is 1.49 bits per heavy atom. The van der Waals surface area contributed by atoms with Crippen LogP contribution in [0.1, 0.15) is 61.3 Å². The quantitative estimate of drug-likeness (QED) is 0.123. The molecule has 0 radical (unpaired) electrons. The minimum absolute atomic E-state index is 0.00281. The number of aromatic amines is 2. The Morgan fingerprint density at radius 1 is 0.878 bits per heavy atom. The number of aromatic nitrogens is 4. The number of imidazole rings is 2. The number of nitrogens with one attached hydrogen (secondary N) is 3. The van der Waals surface area contributed by atoms with E-state index in [1.807, 2.05) is 78.8 Å². The maximum atomic E-state index is 13.3. The number of hydrogen-bond donors (Lipinski definition) is 4. The van der Waals surface area contributed by atoms with Crippen LogP contribution >= 0.6 is 0 Å². The number of anilines is 1. The molecule has 1 aliphatic heterocycles. The van der Waals surface area contributed by atoms with Crippen LogP contribution in [0.5, 0.6) is 5.75 Å². The summed E-state index contributed by atoms with van der Waals surface area (Å²) in [5, 5.41) is 3.20. The van der Waals surface area contributed by atoms with Crippen LogP contribution in [0.3, 0.4) is 0 Å². The molecule has 0 saturated carbocycles. The van der Waals surface area contributed by atoms with E-state index in [1.165, 1.54) is 5.69 Å². The van der Waals surface area contributed by atoms with Crippen molar-refractivity contribution in [3.63, 3.8) is 0 Å². The number of hydrogen-bond acceptors (Lipinski definition) is 7. The molecule has 260 valence electrons. The van der Waals surface area contributed by atoms with Crippen LogP contribution in [0.2, 0.25) is 0 Å². The predicted molar refractivity (Wildman–Crippen MR) is 200 cm³/mol. The van der Waals surface area contributed by atoms with Gasteiger partial charge < -0.3 is 35.6 Å². The summed E-state index contributed by atoms with van der Waals surface area (Å²) in [6.45, 7) is 18.2. The molecule has 1 unspecified atom stereocenters. The van der Waals surface area contributed by atoms with Crippen LogP contribution in [0, 0.1) is 5.41 Å². The summed E-state index contributed by atoms with van der Waals surface area (Å²) >= 11 is 0. The minimum atomic E-state index is -0.653. The van der Waals surface area contributed by atoms with Crippen molar-refractivity contribution in [1.29, 1.82) is 0 Å². The van der Waals surface area contributed by atoms with E-state index in [0.717, 1.165) is 76.8 Å². The molecule has 1 atom stereocenters. The molecule has 3 aromatic carbocycles. The van der Waals surface area contributed by atoms with Crippen LogP contribution in [-0.4, -0.2) is 81.2 Å². The van der Waals surface area contributed by atoms with E-state index in [9.17, 15) is 4.79 Å². The van der Waals surface area contributed by atoms with E-state index >= 15 is 0 Å². The zero-order valence-electron chi connectivity index (χ0n) is 30.3. The van der Waals surface area contributed by atoms with E-state index in [-0.39, 0.29) is 11.9 Å². The smallest absolute Gasteiger partial charge is 0.226 e. The standard InChI is InChI=1S/C39H52N8O2/c1-25(40)23-38(4,5)45-36(48)37(2,3)24-39(6,7)49-29-11-9-10-26(20-29)34-41-30-14-12-27(21-32(30)43-34)35-42-31-15-13-28(22-33(31)44-35)47-18-16-46(8)17-19-47/h9-15,20-22,25H,16-19,23-24,40H2,1-8H3,(H,41,43)(H,42,44)(H,45,48). The molecule has 3 heterocycles. The number of likely N-dealkylation sites (N-methyl/N-ethyl adjacent to an activating group) is 1. The van der Waals surface area contributed by atoms with E-state index in [1.54, 1.807) is 0 Å². The van der Waals surface area contributed by atoms with Gasteiger partial charge in [0.15, 0.2) is 0 Å². The first-order valence-electron chi connectivity index (χ1n) is 17.4. The molecule has 0 aliphatic carbocycles. The van der Waals surface area contributed by atoms with Gasteiger partial charge in [-0.2, -0.15) is 0 Å². The number of nitrogens with zero attached hydrogens (tertiary/aromatic N) is 4. The molecule has 1 fully saturated rings. The van der Waals surface area contributed by atoms with Crippen LogP contribution in [-0.2, 0) is 4.79 Å². The molecule has 5 aromatic rings. The molecule has 2 aromatic heterocycles. The minimum Gasteiger partial charge on any atom is -0.488 e. The number of nitrogens with two attached hydrogens (primary N) is 1. The molecule has 0 bridgehead atoms. The second-order valence-corrected chi connectivity index (χ2v) is 15.9. The second kappa shape index (κ2) is 13.1. The van der Waals surface area contributed by atoms with Gasteiger partial charge in [-0.25, -0.2) is 9.97 Å². The number of piperazine rings is 1. The van der Waals surface area contributed by atoms with Gasteiger partial charge in [-0.1, -0.05) is 26.0 Å². The highest BCUT2D eigenvalue weighted by Gasteiger charge is 2.38. The van der Waals surface area contributed by atoms with Crippen LogP contribution in [0.4, 0.5) is 5.69 Å². The fraction of sp³-hybridized carbons (Fsp3) is 0.462. The maximum absolute atomic E-state index is 13.3. The number of carbonyl (C=O) groups is 1. The zero-order chi connectivity index (χ0) is 35.1. The highest BCUT2D eigenvalue weighted by atomic mass is 16.5. The largest absolute Gasteiger partial charge is 0.488 e. The number of carbonyl (C=O) groups excluding carboxylic acids is 1. The van der Waals surface area contributed by atoms with Gasteiger partial charge in [-0.05, 0) is 96.6 Å². The van der Waals surface area contributed by atoms with Gasteiger partial charge in [0, 0.05) is 66.4 Å². The number of benzene rings is 3. The summed E-state index contributed by atoms with van der Waals surface area (Å²) in [6.07, 6.45) is 1.22. The summed E-state index contributed by atoms with van der Waals surface area (Å²) in [5.74, 6) is 2.29. The summed E-state index contributed by atoms with van der Waals surface area (Å²) in [5.41, 5.74) is 11.3. The molecule has 10 nitrogen and oxygen atoms in total. The van der Waals surface area contributed by atoms with Crippen molar-refractivity contribution >= 4 is 33.7 Å². The molecule has 10 heteroatoms. The normalized spacial score (nSPS) is 15.6. The van der Waals surface area contributed by atoms with Crippen molar-refractivity contribution in [2.45, 2.75) is 78.5 Å². The number of H-pyrrole nitrogens is 2. The van der Waals surface area contributed by atoms with Gasteiger partial charge >= 0.3 is 0 Å². The Balaban J connectivity index is 1.16. The third-order valence-corrected chi connectivity index (χ3v) is 9.36. The molecule has 1 aliphatic rings. The molecule has 0 spiro atoms. The van der Waals surface area contributed by atoms with Crippen LogP contribution in [0.15, 0.2) is 60.7 Å². The highest BCUT2D eigenvalue weighted by Crippen LogP contribution is 2.34. The highest BCUT2D eigenvalue weighted by molar-refractivity contribution is 5.87. The number of ether oxygens (including phenoxy) is 1. The first-order chi connectivity index (χ1) is 23.1. The van der Waals surface area contributed by atoms with E-state index in [0.29, 0.717) is 12.8 Å². The molecule has 1 saturated heterocycles. The monoisotopic (exact) mass is 664 g/mol. The van der Waals surface area contributed by atoms with Gasteiger partial charge in [0.2, 0.25) is 5.91 Å². The topological polar surface area (TPSA) is 128 Å². The first kappa shape index (κ1) is 34.5. The van der Waals surface area contributed by atoms with Crippen LogP contribution < -0.4 is 20.7 Å².